The SMILES string of the molecule is C[C@](CO)(NC(=O)Nc1ccc(F)cc1OC(F)F)C1CC1. The first-order chi connectivity index (χ1) is 10.3. The Morgan fingerprint density at radius 2 is 2.18 bits per heavy atom. The molecular formula is C14H17F3N2O3. The zero-order valence-corrected chi connectivity index (χ0v) is 11.9. The summed E-state index contributed by atoms with van der Waals surface area (Å²) >= 11 is 0. The maximum Gasteiger partial charge on any atom is 0.387 e. The molecule has 1 aliphatic carbocycles. The third-order valence-electron chi connectivity index (χ3n) is 3.61. The molecule has 122 valence electrons. The molecule has 1 aliphatic rings. The number of carbonyl (C=O) groups is 1. The van der Waals surface area contributed by atoms with Crippen molar-refractivity contribution in [2.24, 2.45) is 5.92 Å². The second-order valence-corrected chi connectivity index (χ2v) is 5.45. The average molecular weight is 318 g/mol. The molecule has 0 bridgehead atoms. The summed E-state index contributed by atoms with van der Waals surface area (Å²) in [5.74, 6) is -1.06. The molecule has 0 heterocycles. The number of hydrogen-bond donors (Lipinski definition) is 3. The number of carbonyl (C=O) groups excluding carboxylic acids is 1. The van der Waals surface area contributed by atoms with Gasteiger partial charge >= 0.3 is 12.6 Å². The van der Waals surface area contributed by atoms with E-state index in [1.807, 2.05) is 0 Å². The average Bonchev–Trinajstić information content (AvgIpc) is 3.26. The fraction of sp³-hybridized carbons (Fsp3) is 0.500. The van der Waals surface area contributed by atoms with Crippen molar-refractivity contribution in [1.29, 1.82) is 0 Å². The van der Waals surface area contributed by atoms with Crippen molar-refractivity contribution in [2.45, 2.75) is 31.9 Å². The second-order valence-electron chi connectivity index (χ2n) is 5.45. The maximum atomic E-state index is 13.1. The Morgan fingerprint density at radius 3 is 2.73 bits per heavy atom. The monoisotopic (exact) mass is 318 g/mol. The summed E-state index contributed by atoms with van der Waals surface area (Å²) in [6, 6.07) is 2.21. The zero-order chi connectivity index (χ0) is 16.3. The second kappa shape index (κ2) is 6.43. The van der Waals surface area contributed by atoms with E-state index in [0.29, 0.717) is 0 Å². The minimum atomic E-state index is -3.14. The molecule has 3 N–H and O–H groups in total. The molecule has 0 radical (unpaired) electrons. The molecule has 1 aromatic rings. The number of aliphatic hydroxyl groups is 1. The van der Waals surface area contributed by atoms with E-state index < -0.39 is 29.7 Å². The lowest BCUT2D eigenvalue weighted by atomic mass is 9.97. The van der Waals surface area contributed by atoms with Crippen molar-refractivity contribution in [2.75, 3.05) is 11.9 Å². The van der Waals surface area contributed by atoms with Gasteiger partial charge in [-0.3, -0.25) is 0 Å². The minimum Gasteiger partial charge on any atom is -0.432 e. The molecule has 1 atom stereocenters. The lowest BCUT2D eigenvalue weighted by Gasteiger charge is -2.28. The molecule has 5 nitrogen and oxygen atoms in total. The van der Waals surface area contributed by atoms with Gasteiger partial charge in [-0.1, -0.05) is 0 Å². The molecule has 22 heavy (non-hydrogen) atoms. The van der Waals surface area contributed by atoms with Gasteiger partial charge in [-0.25, -0.2) is 9.18 Å². The van der Waals surface area contributed by atoms with Crippen LogP contribution in [0.2, 0.25) is 0 Å². The fourth-order valence-electron chi connectivity index (χ4n) is 2.20. The third kappa shape index (κ3) is 4.03. The number of alkyl halides is 2. The van der Waals surface area contributed by atoms with Crippen LogP contribution >= 0.6 is 0 Å². The van der Waals surface area contributed by atoms with Gasteiger partial charge in [0.15, 0.2) is 5.75 Å². The van der Waals surface area contributed by atoms with Crippen LogP contribution in [-0.4, -0.2) is 29.9 Å². The number of rotatable bonds is 6. The Kier molecular flexibility index (Phi) is 4.80. The van der Waals surface area contributed by atoms with Gasteiger partial charge < -0.3 is 20.5 Å². The van der Waals surface area contributed by atoms with Gasteiger partial charge in [0.2, 0.25) is 0 Å². The van der Waals surface area contributed by atoms with Gasteiger partial charge in [-0.15, -0.1) is 0 Å². The van der Waals surface area contributed by atoms with Crippen molar-refractivity contribution in [1.82, 2.24) is 5.32 Å². The van der Waals surface area contributed by atoms with E-state index in [4.69, 9.17) is 0 Å². The summed E-state index contributed by atoms with van der Waals surface area (Å²) in [7, 11) is 0. The van der Waals surface area contributed by atoms with Crippen molar-refractivity contribution >= 4 is 11.7 Å². The van der Waals surface area contributed by atoms with E-state index in [1.54, 1.807) is 6.92 Å². The van der Waals surface area contributed by atoms with Gasteiger partial charge in [-0.2, -0.15) is 8.78 Å². The first-order valence-corrected chi connectivity index (χ1v) is 6.78. The summed E-state index contributed by atoms with van der Waals surface area (Å²) in [4.78, 5) is 12.0. The van der Waals surface area contributed by atoms with Crippen molar-refractivity contribution in [3.05, 3.63) is 24.0 Å². The lowest BCUT2D eigenvalue weighted by molar-refractivity contribution is -0.0495. The van der Waals surface area contributed by atoms with Crippen LogP contribution in [0.4, 0.5) is 23.7 Å². The van der Waals surface area contributed by atoms with Gasteiger partial charge in [-0.05, 0) is 37.8 Å². The number of hydrogen-bond acceptors (Lipinski definition) is 3. The molecule has 0 saturated heterocycles. The molecule has 0 aromatic heterocycles. The van der Waals surface area contributed by atoms with E-state index in [9.17, 15) is 23.1 Å². The molecule has 0 spiro atoms. The van der Waals surface area contributed by atoms with Crippen molar-refractivity contribution < 1.29 is 27.8 Å². The van der Waals surface area contributed by atoms with E-state index in [1.165, 1.54) is 0 Å². The Morgan fingerprint density at radius 1 is 1.50 bits per heavy atom. The zero-order valence-electron chi connectivity index (χ0n) is 11.9. The topological polar surface area (TPSA) is 70.6 Å². The van der Waals surface area contributed by atoms with E-state index in [-0.39, 0.29) is 18.2 Å². The lowest BCUT2D eigenvalue weighted by Crippen LogP contribution is -2.52. The van der Waals surface area contributed by atoms with Crippen LogP contribution in [0.25, 0.3) is 0 Å². The number of ether oxygens (including phenoxy) is 1. The normalized spacial score (nSPS) is 17.0. The van der Waals surface area contributed by atoms with Crippen molar-refractivity contribution in [3.63, 3.8) is 0 Å². The van der Waals surface area contributed by atoms with Crippen LogP contribution in [-0.2, 0) is 0 Å². The van der Waals surface area contributed by atoms with E-state index >= 15 is 0 Å². The fourth-order valence-corrected chi connectivity index (χ4v) is 2.20. The van der Waals surface area contributed by atoms with E-state index in [0.717, 1.165) is 31.0 Å². The molecule has 1 aromatic carbocycles. The Hall–Kier alpha value is -1.96. The largest absolute Gasteiger partial charge is 0.432 e. The Labute approximate surface area is 125 Å². The highest BCUT2D eigenvalue weighted by atomic mass is 19.3. The molecule has 1 fully saturated rings. The highest BCUT2D eigenvalue weighted by Gasteiger charge is 2.42. The standard InChI is InChI=1S/C14H17F3N2O3/c1-14(7-20,8-2-3-8)19-13(21)18-10-5-4-9(15)6-11(10)22-12(16)17/h4-6,8,12,20H,2-3,7H2,1H3,(H2,18,19,21)/t14-/m1/s1. The number of aliphatic hydroxyl groups excluding tert-OH is 1. The summed E-state index contributed by atoms with van der Waals surface area (Å²) in [5.41, 5.74) is -0.872. The summed E-state index contributed by atoms with van der Waals surface area (Å²) in [6.45, 7) is -1.68. The van der Waals surface area contributed by atoms with Gasteiger partial charge in [0.1, 0.15) is 5.82 Å². The summed E-state index contributed by atoms with van der Waals surface area (Å²) in [6.07, 6.45) is 1.79. The van der Waals surface area contributed by atoms with Gasteiger partial charge in [0.25, 0.3) is 0 Å². The predicted octanol–water partition coefficient (Wildman–Crippen LogP) is 2.71. The van der Waals surface area contributed by atoms with Crippen LogP contribution in [0.1, 0.15) is 19.8 Å². The molecule has 2 amide bonds. The Balaban J connectivity index is 2.07. The van der Waals surface area contributed by atoms with Crippen LogP contribution < -0.4 is 15.4 Å². The minimum absolute atomic E-state index is 0.0877. The smallest absolute Gasteiger partial charge is 0.387 e. The number of amides is 2. The highest BCUT2D eigenvalue weighted by molar-refractivity contribution is 5.91. The summed E-state index contributed by atoms with van der Waals surface area (Å²) < 4.78 is 41.9. The molecule has 0 unspecified atom stereocenters. The van der Waals surface area contributed by atoms with Crippen LogP contribution in [0.3, 0.4) is 0 Å². The van der Waals surface area contributed by atoms with Crippen LogP contribution in [0.15, 0.2) is 18.2 Å². The highest BCUT2D eigenvalue weighted by Crippen LogP contribution is 2.39. The maximum absolute atomic E-state index is 13.1. The third-order valence-corrected chi connectivity index (χ3v) is 3.61. The molecule has 0 aliphatic heterocycles. The quantitative estimate of drug-likeness (QED) is 0.755. The van der Waals surface area contributed by atoms with Crippen LogP contribution in [0.5, 0.6) is 5.75 Å². The molecule has 1 saturated carbocycles. The van der Waals surface area contributed by atoms with Crippen molar-refractivity contribution in [3.8, 4) is 5.75 Å². The number of halogens is 3. The molecule has 2 rings (SSSR count). The summed E-state index contributed by atoms with van der Waals surface area (Å²) in [5, 5.41) is 14.3. The Bertz CT molecular complexity index is 552. The van der Waals surface area contributed by atoms with Gasteiger partial charge in [0, 0.05) is 6.07 Å². The van der Waals surface area contributed by atoms with E-state index in [2.05, 4.69) is 15.4 Å². The van der Waals surface area contributed by atoms with Crippen LogP contribution in [0, 0.1) is 11.7 Å². The number of benzene rings is 1. The molecule has 8 heteroatoms. The van der Waals surface area contributed by atoms with Gasteiger partial charge in [0.05, 0.1) is 17.8 Å². The molecular weight excluding hydrogens is 301 g/mol. The predicted molar refractivity (Wildman–Crippen MR) is 73.4 cm³/mol. The first-order valence-electron chi connectivity index (χ1n) is 6.78. The number of urea groups is 1. The number of anilines is 1. The number of nitrogens with one attached hydrogen (secondary N) is 2. The first kappa shape index (κ1) is 16.4.